The van der Waals surface area contributed by atoms with Gasteiger partial charge in [-0.3, -0.25) is 0 Å². The molecule has 0 aliphatic heterocycles. The molecule has 0 saturated carbocycles. The summed E-state index contributed by atoms with van der Waals surface area (Å²) in [5, 5.41) is 9.92. The van der Waals surface area contributed by atoms with E-state index in [4.69, 9.17) is 4.74 Å². The molecule has 1 N–H and O–H groups in total. The Morgan fingerprint density at radius 3 is 1.61 bits per heavy atom. The summed E-state index contributed by atoms with van der Waals surface area (Å²) in [7, 11) is 0. The minimum absolute atomic E-state index is 0.111. The quantitative estimate of drug-likeness (QED) is 0.292. The fraction of sp³-hybridized carbons (Fsp3) is 0.200. The van der Waals surface area contributed by atoms with Gasteiger partial charge in [-0.05, 0) is 66.1 Å². The van der Waals surface area contributed by atoms with Crippen LogP contribution in [0.2, 0.25) is 0 Å². The van der Waals surface area contributed by atoms with Crippen molar-refractivity contribution in [1.29, 1.82) is 0 Å². The van der Waals surface area contributed by atoms with Crippen LogP contribution in [0.25, 0.3) is 11.1 Å². The molecule has 0 aromatic heterocycles. The SMILES string of the molecule is CCC(O)C(C)COc1ccc(-c2ccc(N(c3ccccc3)c3ccccc3)cc2)cc1. The third-order valence-electron chi connectivity index (χ3n) is 5.93. The van der Waals surface area contributed by atoms with Crippen LogP contribution in [0, 0.1) is 5.92 Å². The lowest BCUT2D eigenvalue weighted by atomic mass is 10.0. The maximum atomic E-state index is 9.92. The Bertz CT molecular complexity index is 1070. The highest BCUT2D eigenvalue weighted by Crippen LogP contribution is 2.35. The van der Waals surface area contributed by atoms with Gasteiger partial charge < -0.3 is 14.7 Å². The van der Waals surface area contributed by atoms with E-state index in [9.17, 15) is 5.11 Å². The maximum Gasteiger partial charge on any atom is 0.119 e. The predicted octanol–water partition coefficient (Wildman–Crippen LogP) is 7.61. The van der Waals surface area contributed by atoms with Crippen molar-refractivity contribution in [2.75, 3.05) is 11.5 Å². The summed E-state index contributed by atoms with van der Waals surface area (Å²) in [6, 6.07) is 37.6. The number of hydrogen-bond donors (Lipinski definition) is 1. The zero-order valence-electron chi connectivity index (χ0n) is 19.3. The Kier molecular flexibility index (Phi) is 7.43. The van der Waals surface area contributed by atoms with Gasteiger partial charge in [0.25, 0.3) is 0 Å². The first kappa shape index (κ1) is 22.6. The molecule has 168 valence electrons. The Balaban J connectivity index is 1.51. The molecule has 0 radical (unpaired) electrons. The van der Waals surface area contributed by atoms with E-state index >= 15 is 0 Å². The van der Waals surface area contributed by atoms with Crippen LogP contribution in [0.15, 0.2) is 109 Å². The van der Waals surface area contributed by atoms with Crippen LogP contribution in [0.1, 0.15) is 20.3 Å². The molecule has 4 aromatic rings. The van der Waals surface area contributed by atoms with Crippen LogP contribution in [0.3, 0.4) is 0 Å². The minimum atomic E-state index is -0.325. The number of benzene rings is 4. The summed E-state index contributed by atoms with van der Waals surface area (Å²) in [6.45, 7) is 4.51. The number of hydrogen-bond acceptors (Lipinski definition) is 3. The highest BCUT2D eigenvalue weighted by molar-refractivity contribution is 5.78. The van der Waals surface area contributed by atoms with E-state index in [1.807, 2.05) is 38.1 Å². The van der Waals surface area contributed by atoms with Crippen LogP contribution < -0.4 is 9.64 Å². The molecule has 0 aliphatic rings. The molecule has 33 heavy (non-hydrogen) atoms. The number of aliphatic hydroxyl groups excluding tert-OH is 1. The van der Waals surface area contributed by atoms with Crippen molar-refractivity contribution in [1.82, 2.24) is 0 Å². The van der Waals surface area contributed by atoms with Crippen molar-refractivity contribution in [3.8, 4) is 16.9 Å². The Labute approximate surface area is 196 Å². The van der Waals surface area contributed by atoms with Gasteiger partial charge in [0.05, 0.1) is 12.7 Å². The average molecular weight is 438 g/mol. The van der Waals surface area contributed by atoms with E-state index in [0.29, 0.717) is 6.61 Å². The largest absolute Gasteiger partial charge is 0.493 e. The topological polar surface area (TPSA) is 32.7 Å². The fourth-order valence-electron chi connectivity index (χ4n) is 3.89. The van der Waals surface area contributed by atoms with Crippen LogP contribution in [-0.4, -0.2) is 17.8 Å². The molecule has 3 nitrogen and oxygen atoms in total. The number of rotatable bonds is 9. The van der Waals surface area contributed by atoms with E-state index in [1.54, 1.807) is 0 Å². The first-order valence-electron chi connectivity index (χ1n) is 11.6. The van der Waals surface area contributed by atoms with Crippen LogP contribution >= 0.6 is 0 Å². The molecular weight excluding hydrogens is 406 g/mol. The molecule has 0 aliphatic carbocycles. The summed E-state index contributed by atoms with van der Waals surface area (Å²) in [4.78, 5) is 2.26. The van der Waals surface area contributed by atoms with Gasteiger partial charge in [0, 0.05) is 23.0 Å². The normalized spacial score (nSPS) is 12.7. The first-order valence-corrected chi connectivity index (χ1v) is 11.6. The molecular formula is C30H31NO2. The van der Waals surface area contributed by atoms with Crippen LogP contribution in [0.4, 0.5) is 17.1 Å². The highest BCUT2D eigenvalue weighted by Gasteiger charge is 2.13. The second-order valence-corrected chi connectivity index (χ2v) is 8.34. The Morgan fingerprint density at radius 2 is 1.12 bits per heavy atom. The molecule has 4 aromatic carbocycles. The van der Waals surface area contributed by atoms with Gasteiger partial charge in [-0.15, -0.1) is 0 Å². The molecule has 2 unspecified atom stereocenters. The molecule has 0 spiro atoms. The van der Waals surface area contributed by atoms with Gasteiger partial charge in [0.2, 0.25) is 0 Å². The lowest BCUT2D eigenvalue weighted by molar-refractivity contribution is 0.0814. The van der Waals surface area contributed by atoms with E-state index in [1.165, 1.54) is 0 Å². The molecule has 3 heteroatoms. The van der Waals surface area contributed by atoms with E-state index in [-0.39, 0.29) is 12.0 Å². The molecule has 0 amide bonds. The predicted molar refractivity (Wildman–Crippen MR) is 138 cm³/mol. The third kappa shape index (κ3) is 5.63. The van der Waals surface area contributed by atoms with E-state index < -0.39 is 0 Å². The summed E-state index contributed by atoms with van der Waals surface area (Å²) in [6.07, 6.45) is 0.417. The van der Waals surface area contributed by atoms with Crippen LogP contribution in [-0.2, 0) is 0 Å². The second-order valence-electron chi connectivity index (χ2n) is 8.34. The fourth-order valence-corrected chi connectivity index (χ4v) is 3.89. The van der Waals surface area contributed by atoms with Crippen molar-refractivity contribution < 1.29 is 9.84 Å². The minimum Gasteiger partial charge on any atom is -0.493 e. The van der Waals surface area contributed by atoms with Crippen LogP contribution in [0.5, 0.6) is 5.75 Å². The lowest BCUT2D eigenvalue weighted by Gasteiger charge is -2.25. The number of anilines is 3. The van der Waals surface area contributed by atoms with E-state index in [2.05, 4.69) is 89.8 Å². The molecule has 4 rings (SSSR count). The summed E-state index contributed by atoms with van der Waals surface area (Å²) < 4.78 is 5.86. The third-order valence-corrected chi connectivity index (χ3v) is 5.93. The second kappa shape index (κ2) is 10.8. The van der Waals surface area contributed by atoms with Crippen molar-refractivity contribution >= 4 is 17.1 Å². The zero-order valence-corrected chi connectivity index (χ0v) is 19.3. The van der Waals surface area contributed by atoms with Gasteiger partial charge in [0.1, 0.15) is 5.75 Å². The highest BCUT2D eigenvalue weighted by atomic mass is 16.5. The Hall–Kier alpha value is -3.56. The molecule has 0 saturated heterocycles. The van der Waals surface area contributed by atoms with Gasteiger partial charge >= 0.3 is 0 Å². The van der Waals surface area contributed by atoms with Crippen molar-refractivity contribution in [3.63, 3.8) is 0 Å². The van der Waals surface area contributed by atoms with Gasteiger partial charge in [-0.25, -0.2) is 0 Å². The summed E-state index contributed by atoms with van der Waals surface area (Å²) >= 11 is 0. The van der Waals surface area contributed by atoms with Gasteiger partial charge in [0.15, 0.2) is 0 Å². The summed E-state index contributed by atoms with van der Waals surface area (Å²) in [5.41, 5.74) is 5.66. The number of ether oxygens (including phenoxy) is 1. The smallest absolute Gasteiger partial charge is 0.119 e. The molecule has 0 fully saturated rings. The average Bonchev–Trinajstić information content (AvgIpc) is 2.89. The number of aliphatic hydroxyl groups is 1. The van der Waals surface area contributed by atoms with E-state index in [0.717, 1.165) is 40.4 Å². The van der Waals surface area contributed by atoms with Gasteiger partial charge in [-0.1, -0.05) is 74.5 Å². The Morgan fingerprint density at radius 1 is 0.667 bits per heavy atom. The first-order chi connectivity index (χ1) is 16.2. The summed E-state index contributed by atoms with van der Waals surface area (Å²) in [5.74, 6) is 0.934. The maximum absolute atomic E-state index is 9.92. The molecule has 0 bridgehead atoms. The van der Waals surface area contributed by atoms with Gasteiger partial charge in [-0.2, -0.15) is 0 Å². The lowest BCUT2D eigenvalue weighted by Crippen LogP contribution is -2.22. The van der Waals surface area contributed by atoms with Crippen molar-refractivity contribution in [2.45, 2.75) is 26.4 Å². The molecule has 0 heterocycles. The van der Waals surface area contributed by atoms with Crippen molar-refractivity contribution in [3.05, 3.63) is 109 Å². The monoisotopic (exact) mass is 437 g/mol. The number of para-hydroxylation sites is 2. The van der Waals surface area contributed by atoms with Crippen molar-refractivity contribution in [2.24, 2.45) is 5.92 Å². The molecule has 2 atom stereocenters. The standard InChI is InChI=1S/C30H31NO2/c1-3-30(32)23(2)22-33-29-20-16-25(17-21-29)24-14-18-28(19-15-24)31(26-10-6-4-7-11-26)27-12-8-5-9-13-27/h4-21,23,30,32H,3,22H2,1-2H3. The zero-order chi connectivity index (χ0) is 23.0. The number of nitrogens with zero attached hydrogens (tertiary/aromatic N) is 1.